The Morgan fingerprint density at radius 3 is 2.37 bits per heavy atom. The number of aromatic nitrogens is 2. The van der Waals surface area contributed by atoms with E-state index in [0.717, 1.165) is 16.9 Å². The summed E-state index contributed by atoms with van der Waals surface area (Å²) in [5, 5.41) is 10.1. The fourth-order valence-electron chi connectivity index (χ4n) is 2.56. The van der Waals surface area contributed by atoms with E-state index in [1.807, 2.05) is 37.3 Å². The molecule has 0 bridgehead atoms. The summed E-state index contributed by atoms with van der Waals surface area (Å²) in [6.07, 6.45) is 0. The molecule has 3 aromatic rings. The van der Waals surface area contributed by atoms with E-state index < -0.39 is 11.8 Å². The summed E-state index contributed by atoms with van der Waals surface area (Å²) in [5.74, 6) is 0.130. The number of hydrogen-bond acceptors (Lipinski definition) is 2. The van der Waals surface area contributed by atoms with E-state index in [2.05, 4.69) is 36.5 Å². The SMILES string of the molecule is Cc1ccc(-n2nc(C(C)(C)C)cc2NC(=O)Nc2cccc(F)c2)cc1. The van der Waals surface area contributed by atoms with Gasteiger partial charge in [-0.05, 0) is 37.3 Å². The van der Waals surface area contributed by atoms with E-state index in [0.29, 0.717) is 11.5 Å². The van der Waals surface area contributed by atoms with Gasteiger partial charge in [0.1, 0.15) is 11.6 Å². The normalized spacial score (nSPS) is 11.3. The molecule has 0 saturated carbocycles. The van der Waals surface area contributed by atoms with E-state index in [-0.39, 0.29) is 5.41 Å². The molecule has 5 nitrogen and oxygen atoms in total. The molecular formula is C21H23FN4O. The Morgan fingerprint density at radius 2 is 1.74 bits per heavy atom. The lowest BCUT2D eigenvalue weighted by Gasteiger charge is -2.14. The summed E-state index contributed by atoms with van der Waals surface area (Å²) >= 11 is 0. The third-order valence-electron chi connectivity index (χ3n) is 4.08. The van der Waals surface area contributed by atoms with Crippen molar-refractivity contribution >= 4 is 17.5 Å². The standard InChI is InChI=1S/C21H23FN4O/c1-14-8-10-17(11-9-14)26-19(13-18(25-26)21(2,3)4)24-20(27)23-16-7-5-6-15(22)12-16/h5-13H,1-4H3,(H2,23,24,27). The van der Waals surface area contributed by atoms with Crippen LogP contribution < -0.4 is 10.6 Å². The van der Waals surface area contributed by atoms with Crippen LogP contribution in [0.3, 0.4) is 0 Å². The van der Waals surface area contributed by atoms with Gasteiger partial charge in [-0.15, -0.1) is 0 Å². The molecule has 1 heterocycles. The lowest BCUT2D eigenvalue weighted by molar-refractivity contribution is 0.262. The highest BCUT2D eigenvalue weighted by atomic mass is 19.1. The Hall–Kier alpha value is -3.15. The maximum Gasteiger partial charge on any atom is 0.324 e. The molecule has 2 N–H and O–H groups in total. The van der Waals surface area contributed by atoms with Gasteiger partial charge < -0.3 is 5.32 Å². The summed E-state index contributed by atoms with van der Waals surface area (Å²) in [6.45, 7) is 8.20. The Balaban J connectivity index is 1.90. The molecule has 2 amide bonds. The average molecular weight is 366 g/mol. The first-order valence-corrected chi connectivity index (χ1v) is 8.73. The van der Waals surface area contributed by atoms with Crippen LogP contribution in [0.2, 0.25) is 0 Å². The Bertz CT molecular complexity index is 955. The van der Waals surface area contributed by atoms with E-state index in [9.17, 15) is 9.18 Å². The Morgan fingerprint density at radius 1 is 1.04 bits per heavy atom. The van der Waals surface area contributed by atoms with Gasteiger partial charge >= 0.3 is 6.03 Å². The van der Waals surface area contributed by atoms with E-state index >= 15 is 0 Å². The maximum absolute atomic E-state index is 13.3. The smallest absolute Gasteiger partial charge is 0.308 e. The first kappa shape index (κ1) is 18.6. The number of halogens is 1. The molecule has 0 aliphatic heterocycles. The van der Waals surface area contributed by atoms with Crippen LogP contribution in [0.4, 0.5) is 20.7 Å². The molecule has 0 atom stereocenters. The van der Waals surface area contributed by atoms with Crippen molar-refractivity contribution in [1.29, 1.82) is 0 Å². The zero-order valence-electron chi connectivity index (χ0n) is 15.9. The number of nitrogens with one attached hydrogen (secondary N) is 2. The number of anilines is 2. The average Bonchev–Trinajstić information content (AvgIpc) is 2.99. The molecule has 0 saturated heterocycles. The minimum atomic E-state index is -0.464. The fourth-order valence-corrected chi connectivity index (χ4v) is 2.56. The zero-order valence-corrected chi connectivity index (χ0v) is 15.9. The van der Waals surface area contributed by atoms with Crippen molar-refractivity contribution in [2.75, 3.05) is 10.6 Å². The highest BCUT2D eigenvalue weighted by Crippen LogP contribution is 2.26. The largest absolute Gasteiger partial charge is 0.324 e. The van der Waals surface area contributed by atoms with Gasteiger partial charge in [0.25, 0.3) is 0 Å². The second kappa shape index (κ2) is 7.23. The van der Waals surface area contributed by atoms with Crippen molar-refractivity contribution in [3.8, 4) is 5.69 Å². The van der Waals surface area contributed by atoms with Crippen molar-refractivity contribution in [1.82, 2.24) is 9.78 Å². The van der Waals surface area contributed by atoms with Crippen LogP contribution >= 0.6 is 0 Å². The lowest BCUT2D eigenvalue weighted by atomic mass is 9.92. The minimum absolute atomic E-state index is 0.175. The van der Waals surface area contributed by atoms with Gasteiger partial charge in [-0.2, -0.15) is 5.10 Å². The zero-order chi connectivity index (χ0) is 19.6. The van der Waals surface area contributed by atoms with Crippen molar-refractivity contribution in [2.24, 2.45) is 0 Å². The third kappa shape index (κ3) is 4.53. The number of rotatable bonds is 3. The molecule has 0 radical (unpaired) electrons. The van der Waals surface area contributed by atoms with Crippen molar-refractivity contribution < 1.29 is 9.18 Å². The van der Waals surface area contributed by atoms with Crippen LogP contribution in [0.5, 0.6) is 0 Å². The number of benzene rings is 2. The molecule has 0 aliphatic rings. The predicted octanol–water partition coefficient (Wildman–Crippen LogP) is 5.26. The molecule has 3 rings (SSSR count). The second-order valence-corrected chi connectivity index (χ2v) is 7.50. The highest BCUT2D eigenvalue weighted by molar-refractivity contribution is 5.99. The quantitative estimate of drug-likeness (QED) is 0.664. The molecule has 27 heavy (non-hydrogen) atoms. The lowest BCUT2D eigenvalue weighted by Crippen LogP contribution is -2.21. The van der Waals surface area contributed by atoms with Crippen molar-refractivity contribution in [3.63, 3.8) is 0 Å². The van der Waals surface area contributed by atoms with Crippen molar-refractivity contribution in [3.05, 3.63) is 71.7 Å². The van der Waals surface area contributed by atoms with Crippen LogP contribution in [-0.4, -0.2) is 15.8 Å². The van der Waals surface area contributed by atoms with Gasteiger partial charge in [-0.25, -0.2) is 13.9 Å². The van der Waals surface area contributed by atoms with Crippen LogP contribution in [-0.2, 0) is 5.41 Å². The third-order valence-corrected chi connectivity index (χ3v) is 4.08. The van der Waals surface area contributed by atoms with E-state index in [1.54, 1.807) is 16.8 Å². The number of amides is 2. The Kier molecular flexibility index (Phi) is 4.99. The topological polar surface area (TPSA) is 59.0 Å². The Labute approximate surface area is 158 Å². The van der Waals surface area contributed by atoms with Crippen LogP contribution in [0.1, 0.15) is 32.0 Å². The molecule has 0 spiro atoms. The summed E-state index contributed by atoms with van der Waals surface area (Å²) in [5.41, 5.74) is 3.04. The minimum Gasteiger partial charge on any atom is -0.308 e. The molecular weight excluding hydrogens is 343 g/mol. The first-order valence-electron chi connectivity index (χ1n) is 8.73. The number of urea groups is 1. The predicted molar refractivity (Wildman–Crippen MR) is 106 cm³/mol. The highest BCUT2D eigenvalue weighted by Gasteiger charge is 2.21. The molecule has 0 aliphatic carbocycles. The van der Waals surface area contributed by atoms with Crippen LogP contribution in [0, 0.1) is 12.7 Å². The first-order chi connectivity index (χ1) is 12.7. The monoisotopic (exact) mass is 366 g/mol. The van der Waals surface area contributed by atoms with Crippen LogP contribution in [0.25, 0.3) is 5.69 Å². The number of aryl methyl sites for hydroxylation is 1. The number of carbonyl (C=O) groups excluding carboxylic acids is 1. The van der Waals surface area contributed by atoms with Gasteiger partial charge in [-0.1, -0.05) is 44.5 Å². The van der Waals surface area contributed by atoms with Gasteiger partial charge in [0.05, 0.1) is 11.4 Å². The molecule has 140 valence electrons. The van der Waals surface area contributed by atoms with Crippen LogP contribution in [0.15, 0.2) is 54.6 Å². The maximum atomic E-state index is 13.3. The number of nitrogens with zero attached hydrogens (tertiary/aromatic N) is 2. The fraction of sp³-hybridized carbons (Fsp3) is 0.238. The van der Waals surface area contributed by atoms with Gasteiger partial charge in [-0.3, -0.25) is 5.32 Å². The van der Waals surface area contributed by atoms with Gasteiger partial charge in [0, 0.05) is 17.2 Å². The number of carbonyl (C=O) groups is 1. The summed E-state index contributed by atoms with van der Waals surface area (Å²) in [4.78, 5) is 12.4. The summed E-state index contributed by atoms with van der Waals surface area (Å²) in [6, 6.07) is 15.0. The molecule has 1 aromatic heterocycles. The van der Waals surface area contributed by atoms with E-state index in [4.69, 9.17) is 0 Å². The van der Waals surface area contributed by atoms with Crippen molar-refractivity contribution in [2.45, 2.75) is 33.1 Å². The molecule has 0 unspecified atom stereocenters. The molecule has 2 aromatic carbocycles. The van der Waals surface area contributed by atoms with E-state index in [1.165, 1.54) is 12.1 Å². The molecule has 0 fully saturated rings. The summed E-state index contributed by atoms with van der Waals surface area (Å²) in [7, 11) is 0. The van der Waals surface area contributed by atoms with Gasteiger partial charge in [0.15, 0.2) is 0 Å². The van der Waals surface area contributed by atoms with Gasteiger partial charge in [0.2, 0.25) is 0 Å². The second-order valence-electron chi connectivity index (χ2n) is 7.50. The summed E-state index contributed by atoms with van der Waals surface area (Å²) < 4.78 is 15.0. The molecule has 6 heteroatoms. The number of hydrogen-bond donors (Lipinski definition) is 2.